The number of fused-ring (bicyclic) bond motifs is 2. The quantitative estimate of drug-likeness (QED) is 0.731. The number of hydrogen-bond donors (Lipinski definition) is 0. The summed E-state index contributed by atoms with van der Waals surface area (Å²) in [6, 6.07) is 3.07. The molecule has 1 aromatic heterocycles. The molecule has 4 heteroatoms. The minimum Gasteiger partial charge on any atom is -0.481 e. The summed E-state index contributed by atoms with van der Waals surface area (Å²) in [5.74, 6) is 1.63. The first-order chi connectivity index (χ1) is 8.28. The Morgan fingerprint density at radius 2 is 2.00 bits per heavy atom. The van der Waals surface area contributed by atoms with E-state index >= 15 is 0 Å². The van der Waals surface area contributed by atoms with Crippen LogP contribution in [0, 0.1) is 0 Å². The van der Waals surface area contributed by atoms with Gasteiger partial charge in [0.2, 0.25) is 5.88 Å². The average molecular weight is 231 g/mol. The number of hydrogen-bond acceptors (Lipinski definition) is 4. The van der Waals surface area contributed by atoms with E-state index in [1.165, 1.54) is 18.4 Å². The average Bonchev–Trinajstić information content (AvgIpc) is 2.62. The van der Waals surface area contributed by atoms with Crippen molar-refractivity contribution < 1.29 is 4.74 Å². The minimum absolute atomic E-state index is 0.570. The lowest BCUT2D eigenvalue weighted by Crippen LogP contribution is -2.40. The van der Waals surface area contributed by atoms with Crippen molar-refractivity contribution in [2.75, 3.05) is 12.0 Å². The van der Waals surface area contributed by atoms with Gasteiger partial charge in [0, 0.05) is 18.2 Å². The van der Waals surface area contributed by atoms with Gasteiger partial charge in [-0.2, -0.15) is 0 Å². The molecule has 2 fully saturated rings. The molecule has 2 saturated heterocycles. The topological polar surface area (TPSA) is 38.2 Å². The fourth-order valence-corrected chi connectivity index (χ4v) is 3.07. The molecule has 4 nitrogen and oxygen atoms in total. The molecule has 0 aliphatic carbocycles. The van der Waals surface area contributed by atoms with Gasteiger partial charge >= 0.3 is 0 Å². The van der Waals surface area contributed by atoms with E-state index in [1.807, 2.05) is 6.07 Å². The van der Waals surface area contributed by atoms with Gasteiger partial charge in [-0.25, -0.2) is 9.97 Å². The molecule has 2 atom stereocenters. The van der Waals surface area contributed by atoms with E-state index in [4.69, 9.17) is 4.74 Å². The van der Waals surface area contributed by atoms with Gasteiger partial charge in [0.25, 0.3) is 0 Å². The second-order valence-corrected chi connectivity index (χ2v) is 4.87. The highest BCUT2D eigenvalue weighted by molar-refractivity contribution is 5.47. The van der Waals surface area contributed by atoms with Crippen molar-refractivity contribution in [3.05, 3.63) is 24.5 Å². The van der Waals surface area contributed by atoms with Crippen LogP contribution in [0.3, 0.4) is 0 Å². The Balaban J connectivity index is 1.91. The Morgan fingerprint density at radius 3 is 2.65 bits per heavy atom. The number of piperidine rings is 1. The lowest BCUT2D eigenvalue weighted by Gasteiger charge is -2.36. The first kappa shape index (κ1) is 10.6. The van der Waals surface area contributed by atoms with Gasteiger partial charge in [-0.3, -0.25) is 0 Å². The van der Waals surface area contributed by atoms with E-state index in [0.29, 0.717) is 18.0 Å². The highest BCUT2D eigenvalue weighted by Crippen LogP contribution is 2.40. The summed E-state index contributed by atoms with van der Waals surface area (Å²) in [4.78, 5) is 10.9. The van der Waals surface area contributed by atoms with Gasteiger partial charge < -0.3 is 9.64 Å². The van der Waals surface area contributed by atoms with Crippen molar-refractivity contribution in [3.63, 3.8) is 0 Å². The summed E-state index contributed by atoms with van der Waals surface area (Å²) < 4.78 is 5.16. The molecule has 2 bridgehead atoms. The first-order valence-electron chi connectivity index (χ1n) is 6.09. The van der Waals surface area contributed by atoms with Crippen molar-refractivity contribution in [1.29, 1.82) is 0 Å². The summed E-state index contributed by atoms with van der Waals surface area (Å²) in [7, 11) is 1.64. The van der Waals surface area contributed by atoms with Crippen LogP contribution in [0.15, 0.2) is 24.5 Å². The van der Waals surface area contributed by atoms with Crippen LogP contribution >= 0.6 is 0 Å². The second-order valence-electron chi connectivity index (χ2n) is 4.87. The molecule has 2 aliphatic heterocycles. The summed E-state index contributed by atoms with van der Waals surface area (Å²) in [5, 5.41) is 0. The molecule has 0 spiro atoms. The summed E-state index contributed by atoms with van der Waals surface area (Å²) >= 11 is 0. The van der Waals surface area contributed by atoms with Crippen LogP contribution in [-0.4, -0.2) is 29.2 Å². The number of methoxy groups -OCH3 is 1. The SMILES string of the molecule is C=C1CC2CCC(C1)N2c1cc(OC)ncn1. The molecular formula is C13H17N3O. The smallest absolute Gasteiger partial charge is 0.218 e. The fraction of sp³-hybridized carbons (Fsp3) is 0.538. The molecule has 0 aromatic carbocycles. The molecule has 0 radical (unpaired) electrons. The van der Waals surface area contributed by atoms with E-state index in [-0.39, 0.29) is 0 Å². The third kappa shape index (κ3) is 1.77. The first-order valence-corrected chi connectivity index (χ1v) is 6.09. The van der Waals surface area contributed by atoms with E-state index in [2.05, 4.69) is 21.4 Å². The maximum Gasteiger partial charge on any atom is 0.218 e. The predicted molar refractivity (Wildman–Crippen MR) is 66.2 cm³/mol. The normalized spacial score (nSPS) is 27.4. The highest BCUT2D eigenvalue weighted by Gasteiger charge is 2.38. The molecule has 3 rings (SSSR count). The Morgan fingerprint density at radius 1 is 1.29 bits per heavy atom. The van der Waals surface area contributed by atoms with Crippen LogP contribution in [0.25, 0.3) is 0 Å². The molecule has 0 saturated carbocycles. The molecular weight excluding hydrogens is 214 g/mol. The van der Waals surface area contributed by atoms with E-state index in [0.717, 1.165) is 18.7 Å². The van der Waals surface area contributed by atoms with Gasteiger partial charge in [-0.15, -0.1) is 0 Å². The van der Waals surface area contributed by atoms with Crippen LogP contribution in [0.2, 0.25) is 0 Å². The lowest BCUT2D eigenvalue weighted by molar-refractivity contribution is 0.396. The summed E-state index contributed by atoms with van der Waals surface area (Å²) in [6.45, 7) is 4.13. The molecule has 1 aromatic rings. The molecule has 17 heavy (non-hydrogen) atoms. The second kappa shape index (κ2) is 4.02. The van der Waals surface area contributed by atoms with Crippen molar-refractivity contribution >= 4 is 5.82 Å². The Bertz CT molecular complexity index is 430. The molecule has 90 valence electrons. The van der Waals surface area contributed by atoms with E-state index in [1.54, 1.807) is 13.4 Å². The van der Waals surface area contributed by atoms with Gasteiger partial charge in [-0.05, 0) is 25.7 Å². The number of rotatable bonds is 2. The zero-order valence-corrected chi connectivity index (χ0v) is 10.1. The molecule has 0 amide bonds. The van der Waals surface area contributed by atoms with Gasteiger partial charge in [0.15, 0.2) is 0 Å². The summed E-state index contributed by atoms with van der Waals surface area (Å²) in [6.07, 6.45) is 6.27. The Hall–Kier alpha value is -1.58. The van der Waals surface area contributed by atoms with Crippen LogP contribution in [0.1, 0.15) is 25.7 Å². The van der Waals surface area contributed by atoms with Crippen molar-refractivity contribution in [2.24, 2.45) is 0 Å². The summed E-state index contributed by atoms with van der Waals surface area (Å²) in [5.41, 5.74) is 1.38. The number of ether oxygens (including phenoxy) is 1. The highest BCUT2D eigenvalue weighted by atomic mass is 16.5. The molecule has 2 unspecified atom stereocenters. The van der Waals surface area contributed by atoms with E-state index in [9.17, 15) is 0 Å². The fourth-order valence-electron chi connectivity index (χ4n) is 3.07. The predicted octanol–water partition coefficient (Wildman–Crippen LogP) is 2.17. The monoisotopic (exact) mass is 231 g/mol. The number of aromatic nitrogens is 2. The third-order valence-electron chi connectivity index (χ3n) is 3.77. The molecule has 0 N–H and O–H groups in total. The van der Waals surface area contributed by atoms with Crippen molar-refractivity contribution in [1.82, 2.24) is 9.97 Å². The third-order valence-corrected chi connectivity index (χ3v) is 3.77. The Kier molecular flexibility index (Phi) is 2.50. The van der Waals surface area contributed by atoms with Crippen molar-refractivity contribution in [3.8, 4) is 5.88 Å². The minimum atomic E-state index is 0.570. The van der Waals surface area contributed by atoms with Gasteiger partial charge in [0.05, 0.1) is 7.11 Å². The standard InChI is InChI=1S/C13H17N3O/c1-9-5-10-3-4-11(6-9)16(10)12-7-13(17-2)15-8-14-12/h7-8,10-11H,1,3-6H2,2H3. The maximum absolute atomic E-state index is 5.16. The number of nitrogens with zero attached hydrogens (tertiary/aromatic N) is 3. The van der Waals surface area contributed by atoms with Crippen LogP contribution in [0.5, 0.6) is 5.88 Å². The molecule has 3 heterocycles. The number of anilines is 1. The zero-order chi connectivity index (χ0) is 11.8. The maximum atomic E-state index is 5.16. The van der Waals surface area contributed by atoms with Crippen LogP contribution in [0.4, 0.5) is 5.82 Å². The Labute approximate surface area is 101 Å². The zero-order valence-electron chi connectivity index (χ0n) is 10.1. The van der Waals surface area contributed by atoms with Crippen LogP contribution in [-0.2, 0) is 0 Å². The molecule has 2 aliphatic rings. The van der Waals surface area contributed by atoms with Crippen molar-refractivity contribution in [2.45, 2.75) is 37.8 Å². The van der Waals surface area contributed by atoms with E-state index < -0.39 is 0 Å². The van der Waals surface area contributed by atoms with Gasteiger partial charge in [-0.1, -0.05) is 12.2 Å². The largest absolute Gasteiger partial charge is 0.481 e. The lowest BCUT2D eigenvalue weighted by atomic mass is 9.98. The van der Waals surface area contributed by atoms with Crippen LogP contribution < -0.4 is 9.64 Å². The van der Waals surface area contributed by atoms with Gasteiger partial charge in [0.1, 0.15) is 12.1 Å².